The fourth-order valence-electron chi connectivity index (χ4n) is 0.454. The summed E-state index contributed by atoms with van der Waals surface area (Å²) in [5.74, 6) is -1.60. The fourth-order valence-corrected chi connectivity index (χ4v) is 0.454. The smallest absolute Gasteiger partial charge is 0.323 e. The average molecular weight is 170 g/mol. The maximum Gasteiger partial charge on any atom is 0.323 e. The van der Waals surface area contributed by atoms with Gasteiger partial charge in [0.2, 0.25) is 0 Å². The lowest BCUT2D eigenvalue weighted by molar-refractivity contribution is -0.141. The highest BCUT2D eigenvalue weighted by Gasteiger charge is 2.12. The van der Waals surface area contributed by atoms with E-state index in [0.29, 0.717) is 0 Å². The summed E-state index contributed by atoms with van der Waals surface area (Å²) < 4.78 is 0. The monoisotopic (exact) mass is 170 g/mol. The Balaban J connectivity index is 3.79. The minimum Gasteiger partial charge on any atom is -0.335 e. The van der Waals surface area contributed by atoms with E-state index in [2.05, 4.69) is 10.7 Å². The molecule has 12 heavy (non-hydrogen) atoms. The second-order valence-corrected chi connectivity index (χ2v) is 2.18. The summed E-state index contributed by atoms with van der Waals surface area (Å²) in [6.45, 7) is -0.167. The summed E-state index contributed by atoms with van der Waals surface area (Å²) in [5.41, 5.74) is 2.22. The maximum atomic E-state index is 10.8. The van der Waals surface area contributed by atoms with Gasteiger partial charge < -0.3 is 5.32 Å². The summed E-state index contributed by atoms with van der Waals surface area (Å²) in [4.78, 5) is 21.5. The molecule has 0 unspecified atom stereocenters. The Labute approximate surface area is 70.1 Å². The highest BCUT2D eigenvalue weighted by Crippen LogP contribution is 1.69. The Morgan fingerprint density at radius 3 is 2.42 bits per heavy atom. The van der Waals surface area contributed by atoms with Crippen LogP contribution in [-0.2, 0) is 9.59 Å². The van der Waals surface area contributed by atoms with Crippen molar-refractivity contribution in [2.45, 2.75) is 0 Å². The Hall–Kier alpha value is -1.61. The highest BCUT2D eigenvalue weighted by atomic mass is 16.2. The van der Waals surface area contributed by atoms with Crippen LogP contribution in [0.15, 0.2) is 0 Å². The van der Waals surface area contributed by atoms with Crippen molar-refractivity contribution < 1.29 is 9.59 Å². The van der Waals surface area contributed by atoms with Crippen molar-refractivity contribution in [2.75, 3.05) is 20.6 Å². The van der Waals surface area contributed by atoms with Crippen LogP contribution in [0.3, 0.4) is 0 Å². The molecule has 0 aliphatic rings. The van der Waals surface area contributed by atoms with Gasteiger partial charge in [-0.15, -0.1) is 0 Å². The lowest BCUT2D eigenvalue weighted by atomic mass is 10.5. The quantitative estimate of drug-likeness (QED) is 0.291. The number of nitrogens with zero attached hydrogens (tertiary/aromatic N) is 2. The van der Waals surface area contributed by atoms with Gasteiger partial charge in [-0.3, -0.25) is 15.0 Å². The van der Waals surface area contributed by atoms with Gasteiger partial charge in [0.15, 0.2) is 0 Å². The van der Waals surface area contributed by atoms with Crippen molar-refractivity contribution in [2.24, 2.45) is 0 Å². The molecule has 0 aromatic rings. The SMILES string of the molecule is CN(C)NC(=O)C(=O)NCC#N. The Morgan fingerprint density at radius 1 is 1.42 bits per heavy atom. The van der Waals surface area contributed by atoms with E-state index in [0.717, 1.165) is 0 Å². The zero-order valence-corrected chi connectivity index (χ0v) is 6.92. The first-order chi connectivity index (χ1) is 5.57. The fraction of sp³-hybridized carbons (Fsp3) is 0.500. The van der Waals surface area contributed by atoms with Gasteiger partial charge >= 0.3 is 11.8 Å². The summed E-state index contributed by atoms with van der Waals surface area (Å²) in [6, 6.07) is 1.68. The Kier molecular flexibility index (Phi) is 4.41. The van der Waals surface area contributed by atoms with Crippen LogP contribution >= 0.6 is 0 Å². The largest absolute Gasteiger partial charge is 0.335 e. The third-order valence-corrected chi connectivity index (χ3v) is 0.859. The molecule has 2 N–H and O–H groups in total. The predicted molar refractivity (Wildman–Crippen MR) is 40.5 cm³/mol. The number of hydrazine groups is 1. The topological polar surface area (TPSA) is 85.2 Å². The van der Waals surface area contributed by atoms with E-state index in [4.69, 9.17) is 5.26 Å². The minimum atomic E-state index is -0.815. The summed E-state index contributed by atoms with van der Waals surface area (Å²) >= 11 is 0. The molecule has 0 aliphatic heterocycles. The molecule has 66 valence electrons. The van der Waals surface area contributed by atoms with Crippen molar-refractivity contribution in [3.8, 4) is 6.07 Å². The molecular weight excluding hydrogens is 160 g/mol. The van der Waals surface area contributed by atoms with Crippen LogP contribution in [0.4, 0.5) is 0 Å². The first-order valence-corrected chi connectivity index (χ1v) is 3.21. The van der Waals surface area contributed by atoms with E-state index in [1.54, 1.807) is 20.2 Å². The molecule has 0 atom stereocenters. The second-order valence-electron chi connectivity index (χ2n) is 2.18. The van der Waals surface area contributed by atoms with Gasteiger partial charge in [0, 0.05) is 14.1 Å². The number of amides is 2. The third-order valence-electron chi connectivity index (χ3n) is 0.859. The molecule has 2 amide bonds. The number of carbonyl (C=O) groups is 2. The van der Waals surface area contributed by atoms with Crippen LogP contribution < -0.4 is 10.7 Å². The average Bonchev–Trinajstić information content (AvgIpc) is 1.98. The molecule has 0 aliphatic carbocycles. The van der Waals surface area contributed by atoms with Crippen molar-refractivity contribution in [1.29, 1.82) is 5.26 Å². The van der Waals surface area contributed by atoms with Gasteiger partial charge in [-0.2, -0.15) is 5.26 Å². The van der Waals surface area contributed by atoms with Crippen LogP contribution in [0.25, 0.3) is 0 Å². The molecule has 6 nitrogen and oxygen atoms in total. The molecule has 6 heteroatoms. The van der Waals surface area contributed by atoms with Crippen molar-refractivity contribution in [1.82, 2.24) is 15.8 Å². The molecule has 0 bridgehead atoms. The van der Waals surface area contributed by atoms with Gasteiger partial charge in [-0.25, -0.2) is 5.01 Å². The van der Waals surface area contributed by atoms with Crippen molar-refractivity contribution in [3.05, 3.63) is 0 Å². The molecule has 0 spiro atoms. The van der Waals surface area contributed by atoms with E-state index in [1.165, 1.54) is 5.01 Å². The lowest BCUT2D eigenvalue weighted by Gasteiger charge is -2.10. The van der Waals surface area contributed by atoms with Gasteiger partial charge in [0.25, 0.3) is 0 Å². The molecule has 0 saturated heterocycles. The molecule has 0 aromatic carbocycles. The van der Waals surface area contributed by atoms with Gasteiger partial charge in [-0.05, 0) is 0 Å². The lowest BCUT2D eigenvalue weighted by Crippen LogP contribution is -2.45. The van der Waals surface area contributed by atoms with Crippen molar-refractivity contribution >= 4 is 11.8 Å². The van der Waals surface area contributed by atoms with Crippen LogP contribution in [0, 0.1) is 11.3 Å². The van der Waals surface area contributed by atoms with Gasteiger partial charge in [-0.1, -0.05) is 0 Å². The summed E-state index contributed by atoms with van der Waals surface area (Å²) in [7, 11) is 3.16. The maximum absolute atomic E-state index is 10.8. The molecule has 0 saturated carbocycles. The molecule has 0 radical (unpaired) electrons. The number of carbonyl (C=O) groups excluding carboxylic acids is 2. The van der Waals surface area contributed by atoms with E-state index in [-0.39, 0.29) is 6.54 Å². The van der Waals surface area contributed by atoms with Gasteiger partial charge in [0.1, 0.15) is 6.54 Å². The second kappa shape index (κ2) is 5.09. The van der Waals surface area contributed by atoms with E-state index in [9.17, 15) is 9.59 Å². The van der Waals surface area contributed by atoms with E-state index < -0.39 is 11.8 Å². The predicted octanol–water partition coefficient (Wildman–Crippen LogP) is -1.78. The third kappa shape index (κ3) is 4.24. The van der Waals surface area contributed by atoms with E-state index in [1.807, 2.05) is 0 Å². The highest BCUT2D eigenvalue weighted by molar-refractivity contribution is 6.34. The molecule has 0 heterocycles. The molecule has 0 fully saturated rings. The summed E-state index contributed by atoms with van der Waals surface area (Å²) in [6.07, 6.45) is 0. The standard InChI is InChI=1S/C6H10N4O2/c1-10(2)9-6(12)5(11)8-4-3-7/h4H2,1-2H3,(H,8,11)(H,9,12). The van der Waals surface area contributed by atoms with Crippen LogP contribution in [-0.4, -0.2) is 37.5 Å². The number of nitriles is 1. The first-order valence-electron chi connectivity index (χ1n) is 3.21. The molecule has 0 rings (SSSR count). The molecular formula is C6H10N4O2. The first kappa shape index (κ1) is 10.4. The minimum absolute atomic E-state index is 0.167. The molecule has 0 aromatic heterocycles. The van der Waals surface area contributed by atoms with Crippen LogP contribution in [0.5, 0.6) is 0 Å². The number of hydrogen-bond acceptors (Lipinski definition) is 4. The zero-order chi connectivity index (χ0) is 9.56. The number of nitrogens with one attached hydrogen (secondary N) is 2. The number of rotatable bonds is 2. The summed E-state index contributed by atoms with van der Waals surface area (Å²) in [5, 5.41) is 11.5. The zero-order valence-electron chi connectivity index (χ0n) is 6.92. The normalized spacial score (nSPS) is 8.83. The van der Waals surface area contributed by atoms with Crippen LogP contribution in [0.2, 0.25) is 0 Å². The number of hydrogen-bond donors (Lipinski definition) is 2. The van der Waals surface area contributed by atoms with E-state index >= 15 is 0 Å². The van der Waals surface area contributed by atoms with Crippen LogP contribution in [0.1, 0.15) is 0 Å². The Morgan fingerprint density at radius 2 is 2.00 bits per heavy atom. The van der Waals surface area contributed by atoms with Crippen molar-refractivity contribution in [3.63, 3.8) is 0 Å². The Bertz CT molecular complexity index is 218. The van der Waals surface area contributed by atoms with Gasteiger partial charge in [0.05, 0.1) is 6.07 Å².